The summed E-state index contributed by atoms with van der Waals surface area (Å²) < 4.78 is 13.0. The average molecular weight is 542 g/mol. The van der Waals surface area contributed by atoms with E-state index in [1.54, 1.807) is 30.2 Å². The Bertz CT molecular complexity index is 1380. The summed E-state index contributed by atoms with van der Waals surface area (Å²) in [5.41, 5.74) is 5.98. The summed E-state index contributed by atoms with van der Waals surface area (Å²) in [6.07, 6.45) is 3.38. The molecule has 8 heteroatoms. The highest BCUT2D eigenvalue weighted by molar-refractivity contribution is 7.99. The van der Waals surface area contributed by atoms with Gasteiger partial charge < -0.3 is 19.9 Å². The molecular formula is C31H31N3O4S. The van der Waals surface area contributed by atoms with Crippen molar-refractivity contribution in [1.82, 2.24) is 15.3 Å². The van der Waals surface area contributed by atoms with E-state index < -0.39 is 6.29 Å². The molecule has 0 unspecified atom stereocenters. The number of carbonyl (C=O) groups is 1. The van der Waals surface area contributed by atoms with Gasteiger partial charge >= 0.3 is 0 Å². The molecule has 1 aliphatic rings. The van der Waals surface area contributed by atoms with Crippen LogP contribution in [0.3, 0.4) is 0 Å². The van der Waals surface area contributed by atoms with Crippen molar-refractivity contribution in [3.05, 3.63) is 114 Å². The molecule has 2 N–H and O–H groups in total. The van der Waals surface area contributed by atoms with Crippen LogP contribution in [0.1, 0.15) is 48.0 Å². The minimum absolute atomic E-state index is 0.00663. The molecule has 1 aromatic heterocycles. The summed E-state index contributed by atoms with van der Waals surface area (Å²) >= 11 is 1.57. The minimum Gasteiger partial charge on any atom is -0.392 e. The summed E-state index contributed by atoms with van der Waals surface area (Å²) in [5, 5.41) is 13.0. The molecule has 1 aliphatic heterocycles. The standard InChI is InChI=1S/C31H31N3O4S/c1-21(36)34-18-23-5-2-6-25(15-23)26-7-3-8-27(16-26)30-37-28(20-39-31-32-13-4-14-33-31)17-29(38-30)24-11-9-22(19-35)10-12-24/h2-16,28-30,35H,17-20H2,1H3,(H,34,36)/t28-,29+,30+/m1/s1. The molecule has 1 amide bonds. The predicted molar refractivity (Wildman–Crippen MR) is 151 cm³/mol. The number of aliphatic hydroxyl groups excluding tert-OH is 1. The summed E-state index contributed by atoms with van der Waals surface area (Å²) in [7, 11) is 0. The number of thioether (sulfide) groups is 1. The summed E-state index contributed by atoms with van der Waals surface area (Å²) in [5.74, 6) is 0.640. The van der Waals surface area contributed by atoms with Crippen LogP contribution in [0.4, 0.5) is 0 Å². The van der Waals surface area contributed by atoms with Gasteiger partial charge in [-0.25, -0.2) is 9.97 Å². The van der Waals surface area contributed by atoms with E-state index in [9.17, 15) is 9.90 Å². The molecule has 0 spiro atoms. The van der Waals surface area contributed by atoms with Gasteiger partial charge in [-0.05, 0) is 46.0 Å². The van der Waals surface area contributed by atoms with Crippen LogP contribution in [0.25, 0.3) is 11.1 Å². The lowest BCUT2D eigenvalue weighted by atomic mass is 9.99. The van der Waals surface area contributed by atoms with E-state index in [2.05, 4.69) is 39.6 Å². The van der Waals surface area contributed by atoms with Crippen molar-refractivity contribution >= 4 is 17.7 Å². The first kappa shape index (κ1) is 27.0. The van der Waals surface area contributed by atoms with E-state index >= 15 is 0 Å². The molecule has 39 heavy (non-hydrogen) atoms. The number of aromatic nitrogens is 2. The number of nitrogens with one attached hydrogen (secondary N) is 1. The summed E-state index contributed by atoms with van der Waals surface area (Å²) in [6, 6.07) is 26.0. The van der Waals surface area contributed by atoms with Crippen LogP contribution < -0.4 is 5.32 Å². The number of aliphatic hydroxyl groups is 1. The molecule has 0 saturated carbocycles. The van der Waals surface area contributed by atoms with E-state index in [4.69, 9.17) is 9.47 Å². The molecule has 0 radical (unpaired) electrons. The molecule has 0 bridgehead atoms. The highest BCUT2D eigenvalue weighted by Crippen LogP contribution is 2.40. The third-order valence-electron chi connectivity index (χ3n) is 6.52. The Balaban J connectivity index is 1.38. The van der Waals surface area contributed by atoms with Crippen LogP contribution in [-0.4, -0.2) is 32.8 Å². The maximum atomic E-state index is 11.3. The molecule has 5 rings (SSSR count). The Labute approximate surface area is 232 Å². The zero-order valence-corrected chi connectivity index (χ0v) is 22.5. The van der Waals surface area contributed by atoms with Gasteiger partial charge in [0.2, 0.25) is 5.91 Å². The highest BCUT2D eigenvalue weighted by Gasteiger charge is 2.32. The molecule has 4 aromatic rings. The molecule has 0 aliphatic carbocycles. The third-order valence-corrected chi connectivity index (χ3v) is 7.52. The lowest BCUT2D eigenvalue weighted by Gasteiger charge is -2.36. The Morgan fingerprint density at radius 3 is 2.41 bits per heavy atom. The lowest BCUT2D eigenvalue weighted by Crippen LogP contribution is -2.31. The van der Waals surface area contributed by atoms with Crippen LogP contribution in [0.5, 0.6) is 0 Å². The van der Waals surface area contributed by atoms with E-state index in [-0.39, 0.29) is 24.7 Å². The second-order valence-corrected chi connectivity index (χ2v) is 10.4. The van der Waals surface area contributed by atoms with Gasteiger partial charge in [0.1, 0.15) is 0 Å². The Hall–Kier alpha value is -3.56. The van der Waals surface area contributed by atoms with Crippen molar-refractivity contribution in [2.45, 2.75) is 50.2 Å². The molecule has 1 saturated heterocycles. The van der Waals surface area contributed by atoms with E-state index in [1.165, 1.54) is 6.92 Å². The van der Waals surface area contributed by atoms with Crippen molar-refractivity contribution in [3.63, 3.8) is 0 Å². The monoisotopic (exact) mass is 541 g/mol. The van der Waals surface area contributed by atoms with Gasteiger partial charge in [-0.1, -0.05) is 72.4 Å². The van der Waals surface area contributed by atoms with Crippen molar-refractivity contribution in [3.8, 4) is 11.1 Å². The predicted octanol–water partition coefficient (Wildman–Crippen LogP) is 5.61. The van der Waals surface area contributed by atoms with Gasteiger partial charge in [0.25, 0.3) is 0 Å². The van der Waals surface area contributed by atoms with Crippen molar-refractivity contribution in [1.29, 1.82) is 0 Å². The fraction of sp³-hybridized carbons (Fsp3) is 0.258. The quantitative estimate of drug-likeness (QED) is 0.210. The Kier molecular flexibility index (Phi) is 9.00. The third kappa shape index (κ3) is 7.30. The normalized spacial score (nSPS) is 19.0. The highest BCUT2D eigenvalue weighted by atomic mass is 32.2. The van der Waals surface area contributed by atoms with Crippen LogP contribution in [0.15, 0.2) is 96.4 Å². The summed E-state index contributed by atoms with van der Waals surface area (Å²) in [6.45, 7) is 2.01. The Morgan fingerprint density at radius 2 is 1.67 bits per heavy atom. The van der Waals surface area contributed by atoms with Gasteiger partial charge in [0.15, 0.2) is 11.4 Å². The lowest BCUT2D eigenvalue weighted by molar-refractivity contribution is -0.245. The number of rotatable bonds is 9. The van der Waals surface area contributed by atoms with Crippen LogP contribution in [0, 0.1) is 0 Å². The van der Waals surface area contributed by atoms with Gasteiger partial charge in [0, 0.05) is 43.6 Å². The second kappa shape index (κ2) is 13.0. The number of hydrogen-bond acceptors (Lipinski definition) is 7. The largest absolute Gasteiger partial charge is 0.392 e. The first-order chi connectivity index (χ1) is 19.1. The van der Waals surface area contributed by atoms with Gasteiger partial charge in [-0.2, -0.15) is 0 Å². The van der Waals surface area contributed by atoms with E-state index in [0.29, 0.717) is 23.9 Å². The van der Waals surface area contributed by atoms with Crippen LogP contribution in [-0.2, 0) is 27.4 Å². The number of nitrogens with zero attached hydrogens (tertiary/aromatic N) is 2. The molecule has 3 atom stereocenters. The number of amides is 1. The van der Waals surface area contributed by atoms with Crippen molar-refractivity contribution in [2.24, 2.45) is 0 Å². The maximum absolute atomic E-state index is 11.3. The fourth-order valence-electron chi connectivity index (χ4n) is 4.50. The van der Waals surface area contributed by atoms with Crippen molar-refractivity contribution in [2.75, 3.05) is 5.75 Å². The zero-order valence-electron chi connectivity index (χ0n) is 21.7. The van der Waals surface area contributed by atoms with Gasteiger partial charge in [0.05, 0.1) is 18.8 Å². The number of benzene rings is 3. The Morgan fingerprint density at radius 1 is 0.923 bits per heavy atom. The van der Waals surface area contributed by atoms with Crippen molar-refractivity contribution < 1.29 is 19.4 Å². The first-order valence-corrected chi connectivity index (χ1v) is 13.9. The number of hydrogen-bond donors (Lipinski definition) is 2. The molecule has 3 aromatic carbocycles. The molecule has 7 nitrogen and oxygen atoms in total. The fourth-order valence-corrected chi connectivity index (χ4v) is 5.32. The topological polar surface area (TPSA) is 93.6 Å². The number of ether oxygens (including phenoxy) is 2. The SMILES string of the molecule is CC(=O)NCc1cccc(-c2cccc([C@H]3O[C@@H](CSc4ncccn4)C[C@@H](c4ccc(CO)cc4)O3)c2)c1. The van der Waals surface area contributed by atoms with E-state index in [0.717, 1.165) is 33.4 Å². The minimum atomic E-state index is -0.550. The zero-order chi connectivity index (χ0) is 27.0. The molecule has 200 valence electrons. The van der Waals surface area contributed by atoms with Crippen LogP contribution >= 0.6 is 11.8 Å². The summed E-state index contributed by atoms with van der Waals surface area (Å²) in [4.78, 5) is 20.0. The molecular weight excluding hydrogens is 510 g/mol. The van der Waals surface area contributed by atoms with Gasteiger partial charge in [-0.15, -0.1) is 0 Å². The van der Waals surface area contributed by atoms with Crippen LogP contribution in [0.2, 0.25) is 0 Å². The number of carbonyl (C=O) groups excluding carboxylic acids is 1. The van der Waals surface area contributed by atoms with Gasteiger partial charge in [-0.3, -0.25) is 4.79 Å². The van der Waals surface area contributed by atoms with E-state index in [1.807, 2.05) is 48.5 Å². The molecule has 1 fully saturated rings. The first-order valence-electron chi connectivity index (χ1n) is 12.9. The smallest absolute Gasteiger partial charge is 0.217 e. The molecule has 2 heterocycles. The second-order valence-electron chi connectivity index (χ2n) is 9.43. The average Bonchev–Trinajstić information content (AvgIpc) is 2.99. The maximum Gasteiger partial charge on any atom is 0.217 e.